The van der Waals surface area contributed by atoms with E-state index in [1.165, 1.54) is 36.6 Å². The maximum Gasteiger partial charge on any atom is 0.325 e. The van der Waals surface area contributed by atoms with Crippen LogP contribution in [-0.2, 0) is 20.9 Å². The predicted octanol–water partition coefficient (Wildman–Crippen LogP) is 2.57. The zero-order chi connectivity index (χ0) is 23.6. The number of benzene rings is 2. The van der Waals surface area contributed by atoms with Crippen molar-refractivity contribution in [2.24, 2.45) is 0 Å². The molecule has 1 heterocycles. The number of nitrogens with one attached hydrogen (secondary N) is 2. The van der Waals surface area contributed by atoms with Crippen molar-refractivity contribution in [1.29, 1.82) is 0 Å². The van der Waals surface area contributed by atoms with Crippen LogP contribution in [0, 0.1) is 10.1 Å². The van der Waals surface area contributed by atoms with Crippen molar-refractivity contribution in [3.05, 3.63) is 88.4 Å². The van der Waals surface area contributed by atoms with E-state index in [0.29, 0.717) is 17.1 Å². The summed E-state index contributed by atoms with van der Waals surface area (Å²) in [4.78, 5) is 45.4. The average molecular weight is 453 g/mol. The molecule has 0 unspecified atom stereocenters. The number of esters is 1. The van der Waals surface area contributed by atoms with Gasteiger partial charge in [-0.05, 0) is 42.0 Å². The fourth-order valence-corrected chi connectivity index (χ4v) is 2.53. The van der Waals surface area contributed by atoms with Crippen molar-refractivity contribution < 1.29 is 33.2 Å². The largest absolute Gasteiger partial charge is 0.460 e. The number of furan rings is 1. The molecule has 0 radical (unpaired) electrons. The number of nitrogens with zero attached hydrogens (tertiary/aromatic N) is 1. The van der Waals surface area contributed by atoms with Gasteiger partial charge in [-0.3, -0.25) is 24.5 Å². The van der Waals surface area contributed by atoms with Crippen LogP contribution < -0.4 is 15.4 Å². The molecule has 0 aliphatic heterocycles. The van der Waals surface area contributed by atoms with E-state index in [4.69, 9.17) is 13.9 Å². The topological polar surface area (TPSA) is 150 Å². The summed E-state index contributed by atoms with van der Waals surface area (Å²) >= 11 is 0. The highest BCUT2D eigenvalue weighted by atomic mass is 16.6. The number of carbonyl (C=O) groups is 3. The van der Waals surface area contributed by atoms with E-state index in [1.807, 2.05) is 0 Å². The first-order valence-corrected chi connectivity index (χ1v) is 9.66. The number of amides is 2. The Morgan fingerprint density at radius 1 is 0.909 bits per heavy atom. The summed E-state index contributed by atoms with van der Waals surface area (Å²) in [5.41, 5.74) is 0.658. The minimum atomic E-state index is -0.646. The third-order valence-electron chi connectivity index (χ3n) is 4.19. The van der Waals surface area contributed by atoms with E-state index in [2.05, 4.69) is 10.6 Å². The lowest BCUT2D eigenvalue weighted by molar-refractivity contribution is -0.384. The van der Waals surface area contributed by atoms with Gasteiger partial charge in [0, 0.05) is 12.1 Å². The number of hydrogen-bond donors (Lipinski definition) is 2. The minimum absolute atomic E-state index is 0.0122. The lowest BCUT2D eigenvalue weighted by Crippen LogP contribution is -2.39. The van der Waals surface area contributed by atoms with Gasteiger partial charge in [0.1, 0.15) is 24.7 Å². The summed E-state index contributed by atoms with van der Waals surface area (Å²) in [5, 5.41) is 15.4. The molecule has 3 rings (SSSR count). The quantitative estimate of drug-likeness (QED) is 0.270. The first kappa shape index (κ1) is 23.0. The van der Waals surface area contributed by atoms with Crippen molar-refractivity contribution in [3.8, 4) is 11.5 Å². The maximum absolute atomic E-state index is 11.8. The SMILES string of the molecule is O=C(CNC(=O)c1ccco1)NCC(=O)OCc1ccc(Oc2ccc([N+](=O)[O-])cc2)cc1. The Bertz CT molecular complexity index is 1110. The molecule has 1 aromatic heterocycles. The van der Waals surface area contributed by atoms with Gasteiger partial charge in [-0.1, -0.05) is 12.1 Å². The molecule has 0 aliphatic carbocycles. The van der Waals surface area contributed by atoms with Gasteiger partial charge < -0.3 is 24.5 Å². The Morgan fingerprint density at radius 3 is 2.18 bits per heavy atom. The zero-order valence-corrected chi connectivity index (χ0v) is 17.2. The van der Waals surface area contributed by atoms with E-state index in [-0.39, 0.29) is 31.1 Å². The van der Waals surface area contributed by atoms with Crippen LogP contribution in [0.2, 0.25) is 0 Å². The van der Waals surface area contributed by atoms with Crippen LogP contribution in [0.4, 0.5) is 5.69 Å². The van der Waals surface area contributed by atoms with Crippen molar-refractivity contribution in [2.45, 2.75) is 6.61 Å². The number of nitro benzene ring substituents is 1. The standard InChI is InChI=1S/C22H19N3O8/c26-20(12-24-22(28)19-2-1-11-31-19)23-13-21(27)32-14-15-3-7-17(8-4-15)33-18-9-5-16(6-10-18)25(29)30/h1-11H,12-14H2,(H,23,26)(H,24,28). The highest BCUT2D eigenvalue weighted by Gasteiger charge is 2.12. The number of nitro groups is 1. The van der Waals surface area contributed by atoms with E-state index in [9.17, 15) is 24.5 Å². The average Bonchev–Trinajstić information content (AvgIpc) is 3.36. The number of carbonyl (C=O) groups excluding carboxylic acids is 3. The summed E-state index contributed by atoms with van der Waals surface area (Å²) in [6.07, 6.45) is 1.34. The maximum atomic E-state index is 11.8. The molecular formula is C22H19N3O8. The van der Waals surface area contributed by atoms with E-state index < -0.39 is 22.7 Å². The molecule has 3 aromatic rings. The van der Waals surface area contributed by atoms with Crippen LogP contribution >= 0.6 is 0 Å². The molecule has 170 valence electrons. The molecule has 0 bridgehead atoms. The zero-order valence-electron chi connectivity index (χ0n) is 17.2. The highest BCUT2D eigenvalue weighted by molar-refractivity contribution is 5.94. The van der Waals surface area contributed by atoms with Gasteiger partial charge in [0.15, 0.2) is 5.76 Å². The number of hydrogen-bond acceptors (Lipinski definition) is 8. The summed E-state index contributed by atoms with van der Waals surface area (Å²) in [7, 11) is 0. The molecule has 2 N–H and O–H groups in total. The molecule has 0 saturated carbocycles. The monoisotopic (exact) mass is 453 g/mol. The number of non-ortho nitro benzene ring substituents is 1. The molecule has 0 aliphatic rings. The fourth-order valence-electron chi connectivity index (χ4n) is 2.53. The molecule has 0 saturated heterocycles. The minimum Gasteiger partial charge on any atom is -0.460 e. The van der Waals surface area contributed by atoms with Gasteiger partial charge in [0.25, 0.3) is 11.6 Å². The van der Waals surface area contributed by atoms with Gasteiger partial charge in [-0.2, -0.15) is 0 Å². The van der Waals surface area contributed by atoms with Crippen LogP contribution in [0.5, 0.6) is 11.5 Å². The Hall–Kier alpha value is -4.67. The second-order valence-corrected chi connectivity index (χ2v) is 6.59. The number of rotatable bonds is 10. The first-order valence-electron chi connectivity index (χ1n) is 9.66. The Balaban J connectivity index is 1.36. The molecular weight excluding hydrogens is 434 g/mol. The second kappa shape index (κ2) is 11.1. The fraction of sp³-hybridized carbons (Fsp3) is 0.136. The van der Waals surface area contributed by atoms with E-state index >= 15 is 0 Å². The molecule has 2 amide bonds. The van der Waals surface area contributed by atoms with E-state index in [0.717, 1.165) is 0 Å². The number of ether oxygens (including phenoxy) is 2. The molecule has 0 fully saturated rings. The van der Waals surface area contributed by atoms with Crippen molar-refractivity contribution in [2.75, 3.05) is 13.1 Å². The molecule has 11 heteroatoms. The van der Waals surface area contributed by atoms with Gasteiger partial charge in [-0.15, -0.1) is 0 Å². The first-order chi connectivity index (χ1) is 15.9. The van der Waals surface area contributed by atoms with Crippen molar-refractivity contribution in [3.63, 3.8) is 0 Å². The molecule has 2 aromatic carbocycles. The normalized spacial score (nSPS) is 10.2. The summed E-state index contributed by atoms with van der Waals surface area (Å²) in [5.74, 6) is -0.727. The second-order valence-electron chi connectivity index (χ2n) is 6.59. The van der Waals surface area contributed by atoms with Gasteiger partial charge in [-0.25, -0.2) is 0 Å². The Morgan fingerprint density at radius 2 is 1.58 bits per heavy atom. The van der Waals surface area contributed by atoms with Crippen LogP contribution in [0.1, 0.15) is 16.1 Å². The van der Waals surface area contributed by atoms with Crippen LogP contribution in [0.15, 0.2) is 71.3 Å². The molecule has 0 atom stereocenters. The lowest BCUT2D eigenvalue weighted by Gasteiger charge is -2.09. The highest BCUT2D eigenvalue weighted by Crippen LogP contribution is 2.24. The third kappa shape index (κ3) is 7.21. The van der Waals surface area contributed by atoms with Crippen LogP contribution in [0.3, 0.4) is 0 Å². The summed E-state index contributed by atoms with van der Waals surface area (Å²) < 4.78 is 15.6. The Kier molecular flexibility index (Phi) is 7.73. The Labute approximate surface area is 187 Å². The predicted molar refractivity (Wildman–Crippen MR) is 113 cm³/mol. The van der Waals surface area contributed by atoms with Crippen molar-refractivity contribution >= 4 is 23.5 Å². The van der Waals surface area contributed by atoms with Gasteiger partial charge in [0.05, 0.1) is 17.7 Å². The lowest BCUT2D eigenvalue weighted by atomic mass is 10.2. The van der Waals surface area contributed by atoms with E-state index in [1.54, 1.807) is 30.3 Å². The molecule has 33 heavy (non-hydrogen) atoms. The molecule has 11 nitrogen and oxygen atoms in total. The summed E-state index contributed by atoms with van der Waals surface area (Å²) in [6, 6.07) is 15.4. The molecule has 0 spiro atoms. The van der Waals surface area contributed by atoms with Crippen LogP contribution in [0.25, 0.3) is 0 Å². The van der Waals surface area contributed by atoms with Gasteiger partial charge in [0.2, 0.25) is 5.91 Å². The van der Waals surface area contributed by atoms with Gasteiger partial charge >= 0.3 is 5.97 Å². The summed E-state index contributed by atoms with van der Waals surface area (Å²) in [6.45, 7) is -0.679. The van der Waals surface area contributed by atoms with Crippen molar-refractivity contribution in [1.82, 2.24) is 10.6 Å². The van der Waals surface area contributed by atoms with Crippen LogP contribution in [-0.4, -0.2) is 35.8 Å². The third-order valence-corrected chi connectivity index (χ3v) is 4.19. The smallest absolute Gasteiger partial charge is 0.325 e.